The summed E-state index contributed by atoms with van der Waals surface area (Å²) in [7, 11) is 0. The molecule has 0 spiro atoms. The van der Waals surface area contributed by atoms with Crippen LogP contribution in [0.4, 0.5) is 0 Å². The van der Waals surface area contributed by atoms with Crippen molar-refractivity contribution in [3.63, 3.8) is 0 Å². The van der Waals surface area contributed by atoms with E-state index in [1.807, 2.05) is 62.8 Å². The first-order valence-electron chi connectivity index (χ1n) is 5.66. The molecule has 1 N–H and O–H groups in total. The molecule has 0 aromatic carbocycles. The van der Waals surface area contributed by atoms with Gasteiger partial charge in [0.15, 0.2) is 0 Å². The van der Waals surface area contributed by atoms with E-state index in [0.717, 1.165) is 18.9 Å². The van der Waals surface area contributed by atoms with Crippen molar-refractivity contribution in [2.24, 2.45) is 0 Å². The lowest BCUT2D eigenvalue weighted by atomic mass is 10.3. The van der Waals surface area contributed by atoms with E-state index in [4.69, 9.17) is 0 Å². The van der Waals surface area contributed by atoms with Crippen molar-refractivity contribution in [3.05, 3.63) is 54.6 Å². The highest BCUT2D eigenvalue weighted by atomic mass is 15.1. The predicted molar refractivity (Wildman–Crippen MR) is 66.9 cm³/mol. The summed E-state index contributed by atoms with van der Waals surface area (Å²) in [6.45, 7) is 5.63. The molecule has 3 heteroatoms. The third kappa shape index (κ3) is 4.28. The number of hydrogen-bond acceptors (Lipinski definition) is 2. The van der Waals surface area contributed by atoms with E-state index in [0.29, 0.717) is 0 Å². The molecule has 0 aliphatic carbocycles. The third-order valence-corrected chi connectivity index (χ3v) is 1.99. The summed E-state index contributed by atoms with van der Waals surface area (Å²) < 4.78 is 2.09. The first-order valence-corrected chi connectivity index (χ1v) is 5.66. The Morgan fingerprint density at radius 3 is 2.50 bits per heavy atom. The van der Waals surface area contributed by atoms with E-state index in [-0.39, 0.29) is 0 Å². The van der Waals surface area contributed by atoms with Gasteiger partial charge in [-0.2, -0.15) is 0 Å². The highest BCUT2D eigenvalue weighted by molar-refractivity contribution is 5.02. The second-order valence-electron chi connectivity index (χ2n) is 3.10. The summed E-state index contributed by atoms with van der Waals surface area (Å²) in [5, 5.41) is 3.30. The molecule has 0 unspecified atom stereocenters. The van der Waals surface area contributed by atoms with Crippen LogP contribution < -0.4 is 5.32 Å². The van der Waals surface area contributed by atoms with Crippen LogP contribution in [-0.4, -0.2) is 9.55 Å². The van der Waals surface area contributed by atoms with Gasteiger partial charge in [-0.15, -0.1) is 0 Å². The van der Waals surface area contributed by atoms with Gasteiger partial charge in [0.25, 0.3) is 0 Å². The van der Waals surface area contributed by atoms with Crippen molar-refractivity contribution in [2.45, 2.75) is 27.1 Å². The zero-order valence-corrected chi connectivity index (χ0v) is 9.93. The van der Waals surface area contributed by atoms with Gasteiger partial charge < -0.3 is 4.57 Å². The van der Waals surface area contributed by atoms with Crippen LogP contribution in [0, 0.1) is 0 Å². The van der Waals surface area contributed by atoms with Crippen LogP contribution >= 0.6 is 0 Å². The van der Waals surface area contributed by atoms with Gasteiger partial charge in [-0.05, 0) is 24.3 Å². The Morgan fingerprint density at radius 1 is 1.12 bits per heavy atom. The quantitative estimate of drug-likeness (QED) is 0.853. The molecule has 0 amide bonds. The highest BCUT2D eigenvalue weighted by Crippen LogP contribution is 1.93. The van der Waals surface area contributed by atoms with Gasteiger partial charge in [0.2, 0.25) is 0 Å². The first-order chi connectivity index (χ1) is 7.95. The molecule has 3 nitrogen and oxygen atoms in total. The van der Waals surface area contributed by atoms with Crippen LogP contribution in [0.3, 0.4) is 0 Å². The lowest BCUT2D eigenvalue weighted by Gasteiger charge is -2.04. The van der Waals surface area contributed by atoms with Gasteiger partial charge >= 0.3 is 0 Å². The maximum absolute atomic E-state index is 4.23. The first kappa shape index (κ1) is 12.5. The normalized spacial score (nSPS) is 9.38. The van der Waals surface area contributed by atoms with Crippen LogP contribution in [0.1, 0.15) is 19.5 Å². The molecule has 2 heterocycles. The Morgan fingerprint density at radius 2 is 1.88 bits per heavy atom. The Kier molecular flexibility index (Phi) is 5.96. The fourth-order valence-electron chi connectivity index (χ4n) is 1.29. The number of hydrogen-bond donors (Lipinski definition) is 1. The second-order valence-corrected chi connectivity index (χ2v) is 3.10. The predicted octanol–water partition coefficient (Wildman–Crippen LogP) is 2.66. The molecule has 0 aliphatic rings. The Labute approximate surface area is 97.1 Å². The van der Waals surface area contributed by atoms with Crippen LogP contribution in [0.5, 0.6) is 0 Å². The molecule has 2 aromatic rings. The zero-order valence-electron chi connectivity index (χ0n) is 9.93. The maximum Gasteiger partial charge on any atom is 0.0723 e. The van der Waals surface area contributed by atoms with Crippen LogP contribution in [0.25, 0.3) is 0 Å². The Bertz CT molecular complexity index is 354. The standard InChI is InChI=1S/C11H13N3.C2H6/c1-2-6-13-11(5-1)9-12-10-14-7-3-4-8-14;1-2/h1-8,12H,9-10H2;1-2H3. The molecule has 2 rings (SSSR count). The van der Waals surface area contributed by atoms with Gasteiger partial charge in [-0.25, -0.2) is 0 Å². The summed E-state index contributed by atoms with van der Waals surface area (Å²) in [5.41, 5.74) is 1.07. The molecule has 0 atom stereocenters. The molecular formula is C13H19N3. The third-order valence-electron chi connectivity index (χ3n) is 1.99. The van der Waals surface area contributed by atoms with E-state index >= 15 is 0 Å². The Hall–Kier alpha value is -1.61. The van der Waals surface area contributed by atoms with E-state index in [1.165, 1.54) is 0 Å². The van der Waals surface area contributed by atoms with Crippen molar-refractivity contribution in [1.82, 2.24) is 14.9 Å². The average Bonchev–Trinajstić information content (AvgIpc) is 2.86. The van der Waals surface area contributed by atoms with Crippen molar-refractivity contribution in [2.75, 3.05) is 0 Å². The molecule has 0 saturated heterocycles. The van der Waals surface area contributed by atoms with E-state index in [9.17, 15) is 0 Å². The van der Waals surface area contributed by atoms with Gasteiger partial charge in [-0.1, -0.05) is 19.9 Å². The number of rotatable bonds is 4. The molecule has 0 aliphatic heterocycles. The van der Waals surface area contributed by atoms with E-state index in [2.05, 4.69) is 14.9 Å². The molecule has 86 valence electrons. The number of aromatic nitrogens is 2. The summed E-state index contributed by atoms with van der Waals surface area (Å²) in [4.78, 5) is 4.23. The Balaban J connectivity index is 0.000000606. The van der Waals surface area contributed by atoms with Crippen LogP contribution in [0.15, 0.2) is 48.9 Å². The zero-order chi connectivity index (χ0) is 11.6. The molecule has 0 radical (unpaired) electrons. The minimum absolute atomic E-state index is 0.805. The molecule has 0 bridgehead atoms. The summed E-state index contributed by atoms with van der Waals surface area (Å²) in [5.74, 6) is 0. The SMILES string of the molecule is CC.c1ccc(CNCn2cccc2)nc1. The van der Waals surface area contributed by atoms with Crippen molar-refractivity contribution in [3.8, 4) is 0 Å². The number of nitrogens with zero attached hydrogens (tertiary/aromatic N) is 2. The summed E-state index contributed by atoms with van der Waals surface area (Å²) in [6, 6.07) is 9.97. The maximum atomic E-state index is 4.23. The minimum Gasteiger partial charge on any atom is -0.341 e. The molecule has 0 saturated carbocycles. The van der Waals surface area contributed by atoms with E-state index in [1.54, 1.807) is 0 Å². The highest BCUT2D eigenvalue weighted by Gasteiger charge is 1.91. The molecule has 16 heavy (non-hydrogen) atoms. The summed E-state index contributed by atoms with van der Waals surface area (Å²) in [6.07, 6.45) is 5.88. The largest absolute Gasteiger partial charge is 0.341 e. The minimum atomic E-state index is 0.805. The average molecular weight is 217 g/mol. The van der Waals surface area contributed by atoms with Crippen molar-refractivity contribution >= 4 is 0 Å². The number of nitrogens with one attached hydrogen (secondary N) is 1. The van der Waals surface area contributed by atoms with Crippen LogP contribution in [-0.2, 0) is 13.2 Å². The van der Waals surface area contributed by atoms with Gasteiger partial charge in [0.05, 0.1) is 12.4 Å². The molecule has 0 fully saturated rings. The van der Waals surface area contributed by atoms with Gasteiger partial charge in [0, 0.05) is 25.1 Å². The molecular weight excluding hydrogens is 198 g/mol. The molecule has 2 aromatic heterocycles. The van der Waals surface area contributed by atoms with E-state index < -0.39 is 0 Å². The van der Waals surface area contributed by atoms with Crippen LogP contribution in [0.2, 0.25) is 0 Å². The fraction of sp³-hybridized carbons (Fsp3) is 0.308. The second kappa shape index (κ2) is 7.65. The lowest BCUT2D eigenvalue weighted by Crippen LogP contribution is -2.17. The topological polar surface area (TPSA) is 29.9 Å². The van der Waals surface area contributed by atoms with Crippen molar-refractivity contribution < 1.29 is 0 Å². The van der Waals surface area contributed by atoms with Crippen molar-refractivity contribution in [1.29, 1.82) is 0 Å². The van der Waals surface area contributed by atoms with Gasteiger partial charge in [-0.3, -0.25) is 10.3 Å². The van der Waals surface area contributed by atoms with Gasteiger partial charge in [0.1, 0.15) is 0 Å². The lowest BCUT2D eigenvalue weighted by molar-refractivity contribution is 0.553. The fourth-order valence-corrected chi connectivity index (χ4v) is 1.29. The number of pyridine rings is 1. The smallest absolute Gasteiger partial charge is 0.0723 e. The monoisotopic (exact) mass is 217 g/mol. The summed E-state index contributed by atoms with van der Waals surface area (Å²) >= 11 is 0.